The highest BCUT2D eigenvalue weighted by Crippen LogP contribution is 2.26. The molecule has 0 bridgehead atoms. The number of aromatic nitrogens is 3. The van der Waals surface area contributed by atoms with Crippen molar-refractivity contribution in [1.82, 2.24) is 30.5 Å². The van der Waals surface area contributed by atoms with E-state index < -0.39 is 17.9 Å². The third kappa shape index (κ3) is 6.75. The number of amides is 3. The van der Waals surface area contributed by atoms with Crippen LogP contribution in [0.1, 0.15) is 16.8 Å². The van der Waals surface area contributed by atoms with Gasteiger partial charge in [0.15, 0.2) is 0 Å². The van der Waals surface area contributed by atoms with E-state index in [9.17, 15) is 19.5 Å². The molecule has 2 aromatic heterocycles. The van der Waals surface area contributed by atoms with Crippen molar-refractivity contribution in [2.24, 2.45) is 17.6 Å². The average molecular weight is 558 g/mol. The zero-order valence-electron chi connectivity index (χ0n) is 22.7. The van der Waals surface area contributed by atoms with Gasteiger partial charge < -0.3 is 36.3 Å². The van der Waals surface area contributed by atoms with Crippen LogP contribution in [0.3, 0.4) is 0 Å². The number of nitrogens with one attached hydrogen (secondary N) is 4. The lowest BCUT2D eigenvalue weighted by atomic mass is 9.94. The third-order valence-electron chi connectivity index (χ3n) is 7.63. The van der Waals surface area contributed by atoms with Gasteiger partial charge in [0.25, 0.3) is 0 Å². The molecule has 0 aliphatic carbocycles. The van der Waals surface area contributed by atoms with Crippen LogP contribution in [0.15, 0.2) is 67.3 Å². The van der Waals surface area contributed by atoms with Gasteiger partial charge in [-0.15, -0.1) is 0 Å². The first-order valence-electron chi connectivity index (χ1n) is 13.8. The van der Waals surface area contributed by atoms with Gasteiger partial charge in [0.1, 0.15) is 5.75 Å². The number of carbonyl (C=O) groups is 3. The number of fused-ring (bicyclic) bond motifs is 1. The lowest BCUT2D eigenvalue weighted by Crippen LogP contribution is -2.44. The van der Waals surface area contributed by atoms with Crippen LogP contribution in [0.25, 0.3) is 10.9 Å². The molecule has 1 fully saturated rings. The van der Waals surface area contributed by atoms with Gasteiger partial charge >= 0.3 is 0 Å². The first kappa shape index (κ1) is 27.9. The zero-order chi connectivity index (χ0) is 28.8. The highest BCUT2D eigenvalue weighted by Gasteiger charge is 2.44. The molecule has 0 saturated carbocycles. The summed E-state index contributed by atoms with van der Waals surface area (Å²) in [6.07, 6.45) is 6.69. The molecule has 0 unspecified atom stereocenters. The molecule has 0 spiro atoms. The van der Waals surface area contributed by atoms with Crippen LogP contribution in [0.5, 0.6) is 5.75 Å². The zero-order valence-corrected chi connectivity index (χ0v) is 22.7. The molecule has 11 nitrogen and oxygen atoms in total. The number of carbonyl (C=O) groups excluding carboxylic acids is 3. The maximum Gasteiger partial charge on any atom is 0.239 e. The molecular weight excluding hydrogens is 522 g/mol. The van der Waals surface area contributed by atoms with Gasteiger partial charge in [-0.25, -0.2) is 4.98 Å². The summed E-state index contributed by atoms with van der Waals surface area (Å²) in [4.78, 5) is 51.7. The smallest absolute Gasteiger partial charge is 0.239 e. The number of para-hydroxylation sites is 1. The molecule has 11 heteroatoms. The number of aromatic hydroxyl groups is 1. The summed E-state index contributed by atoms with van der Waals surface area (Å²) in [5, 5.41) is 16.5. The minimum absolute atomic E-state index is 0.110. The van der Waals surface area contributed by atoms with Crippen LogP contribution in [-0.4, -0.2) is 74.9 Å². The molecule has 41 heavy (non-hydrogen) atoms. The molecular formula is C30H35N7O4. The third-order valence-corrected chi connectivity index (χ3v) is 7.63. The largest absolute Gasteiger partial charge is 0.508 e. The SMILES string of the molecule is N[C@@H](Cc1ccc(O)cc1)C(=O)N1C[C@@H](C(=O)NCCc2cnc[nH]2)[C@H](C(=O)NCCc2c[nH]c3ccccc23)C1. The number of hydrogen-bond acceptors (Lipinski definition) is 6. The number of phenolic OH excluding ortho intramolecular Hbond substituents is 1. The van der Waals surface area contributed by atoms with Crippen molar-refractivity contribution in [2.75, 3.05) is 26.2 Å². The van der Waals surface area contributed by atoms with Crippen molar-refractivity contribution < 1.29 is 19.5 Å². The van der Waals surface area contributed by atoms with Crippen LogP contribution in [0.2, 0.25) is 0 Å². The van der Waals surface area contributed by atoms with Gasteiger partial charge in [-0.3, -0.25) is 14.4 Å². The van der Waals surface area contributed by atoms with Crippen molar-refractivity contribution in [3.63, 3.8) is 0 Å². The molecule has 3 heterocycles. The Morgan fingerprint density at radius 2 is 1.66 bits per heavy atom. The molecule has 2 aromatic carbocycles. The Labute approximate surface area is 237 Å². The molecule has 1 saturated heterocycles. The first-order chi connectivity index (χ1) is 19.9. The summed E-state index contributed by atoms with van der Waals surface area (Å²) in [5.74, 6) is -2.12. The number of nitrogens with zero attached hydrogens (tertiary/aromatic N) is 2. The monoisotopic (exact) mass is 557 g/mol. The number of phenols is 1. The Bertz CT molecular complexity index is 1480. The van der Waals surface area contributed by atoms with Crippen LogP contribution >= 0.6 is 0 Å². The number of hydrogen-bond donors (Lipinski definition) is 6. The highest BCUT2D eigenvalue weighted by atomic mass is 16.3. The van der Waals surface area contributed by atoms with E-state index in [0.29, 0.717) is 25.9 Å². The van der Waals surface area contributed by atoms with E-state index in [2.05, 4.69) is 25.6 Å². The number of benzene rings is 2. The van der Waals surface area contributed by atoms with Crippen molar-refractivity contribution >= 4 is 28.6 Å². The molecule has 7 N–H and O–H groups in total. The standard InChI is InChI=1S/C30H35N7O4/c31-26(13-19-5-7-22(38)8-6-19)30(41)37-16-24(25(17-37)29(40)34-12-10-21-15-32-18-36-21)28(39)33-11-9-20-14-35-27-4-2-1-3-23(20)27/h1-8,14-15,18,24-26,35,38H,9-13,16-17,31H2,(H,32,36)(H,33,39)(H,34,40)/t24-,25-,26+/m1/s1. The predicted octanol–water partition coefficient (Wildman–Crippen LogP) is 1.26. The van der Waals surface area contributed by atoms with Crippen LogP contribution in [-0.2, 0) is 33.6 Å². The fourth-order valence-electron chi connectivity index (χ4n) is 5.39. The second-order valence-electron chi connectivity index (χ2n) is 10.5. The molecule has 5 rings (SSSR count). The van der Waals surface area contributed by atoms with E-state index in [-0.39, 0.29) is 43.0 Å². The Kier molecular flexibility index (Phi) is 8.64. The summed E-state index contributed by atoms with van der Waals surface area (Å²) in [5.41, 5.74) is 10.1. The second-order valence-corrected chi connectivity index (χ2v) is 10.5. The average Bonchev–Trinajstić information content (AvgIpc) is 3.74. The molecule has 3 atom stereocenters. The highest BCUT2D eigenvalue weighted by molar-refractivity contribution is 5.91. The Morgan fingerprint density at radius 3 is 2.34 bits per heavy atom. The number of aromatic amines is 2. The quantitative estimate of drug-likeness (QED) is 0.162. The molecule has 1 aliphatic heterocycles. The van der Waals surface area contributed by atoms with Crippen molar-refractivity contribution in [2.45, 2.75) is 25.3 Å². The summed E-state index contributed by atoms with van der Waals surface area (Å²) in [6, 6.07) is 13.7. The van der Waals surface area contributed by atoms with Gasteiger partial charge in [0.2, 0.25) is 17.7 Å². The van der Waals surface area contributed by atoms with Crippen LogP contribution in [0.4, 0.5) is 0 Å². The molecule has 214 valence electrons. The lowest BCUT2D eigenvalue weighted by Gasteiger charge is -2.21. The number of likely N-dealkylation sites (tertiary alicyclic amines) is 1. The second kappa shape index (κ2) is 12.7. The van der Waals surface area contributed by atoms with E-state index in [0.717, 1.165) is 27.7 Å². The molecule has 4 aromatic rings. The molecule has 3 amide bonds. The van der Waals surface area contributed by atoms with Gasteiger partial charge in [-0.2, -0.15) is 0 Å². The van der Waals surface area contributed by atoms with Gasteiger partial charge in [-0.05, 0) is 42.2 Å². The van der Waals surface area contributed by atoms with Gasteiger partial charge in [0, 0.05) is 61.6 Å². The van der Waals surface area contributed by atoms with E-state index in [1.807, 2.05) is 30.5 Å². The van der Waals surface area contributed by atoms with E-state index in [4.69, 9.17) is 5.73 Å². The van der Waals surface area contributed by atoms with E-state index in [1.165, 1.54) is 4.90 Å². The van der Waals surface area contributed by atoms with Gasteiger partial charge in [-0.1, -0.05) is 30.3 Å². The summed E-state index contributed by atoms with van der Waals surface area (Å²) in [7, 11) is 0. The summed E-state index contributed by atoms with van der Waals surface area (Å²) < 4.78 is 0. The number of nitrogens with two attached hydrogens (primary N) is 1. The number of imidazole rings is 1. The Hall–Kier alpha value is -4.64. The minimum atomic E-state index is -0.840. The lowest BCUT2D eigenvalue weighted by molar-refractivity contribution is -0.132. The maximum absolute atomic E-state index is 13.4. The fraction of sp³-hybridized carbons (Fsp3) is 0.333. The number of rotatable bonds is 11. The normalized spacial score (nSPS) is 17.4. The summed E-state index contributed by atoms with van der Waals surface area (Å²) >= 11 is 0. The van der Waals surface area contributed by atoms with Crippen molar-refractivity contribution in [1.29, 1.82) is 0 Å². The van der Waals surface area contributed by atoms with Crippen molar-refractivity contribution in [3.8, 4) is 5.75 Å². The van der Waals surface area contributed by atoms with Crippen molar-refractivity contribution in [3.05, 3.63) is 84.1 Å². The fourth-order valence-corrected chi connectivity index (χ4v) is 5.39. The van der Waals surface area contributed by atoms with Crippen LogP contribution < -0.4 is 16.4 Å². The first-order valence-corrected chi connectivity index (χ1v) is 13.8. The summed E-state index contributed by atoms with van der Waals surface area (Å²) in [6.45, 7) is 0.999. The maximum atomic E-state index is 13.4. The van der Waals surface area contributed by atoms with E-state index in [1.54, 1.807) is 36.8 Å². The molecule has 1 aliphatic rings. The Balaban J connectivity index is 1.22. The Morgan fingerprint density at radius 1 is 0.976 bits per heavy atom. The molecule has 0 radical (unpaired) electrons. The number of H-pyrrole nitrogens is 2. The van der Waals surface area contributed by atoms with Crippen LogP contribution in [0, 0.1) is 11.8 Å². The van der Waals surface area contributed by atoms with E-state index >= 15 is 0 Å². The van der Waals surface area contributed by atoms with Gasteiger partial charge in [0.05, 0.1) is 24.2 Å². The minimum Gasteiger partial charge on any atom is -0.508 e. The predicted molar refractivity (Wildman–Crippen MR) is 154 cm³/mol. The topological polar surface area (TPSA) is 169 Å².